The summed E-state index contributed by atoms with van der Waals surface area (Å²) in [6, 6.07) is 9.43. The molecule has 2 heterocycles. The summed E-state index contributed by atoms with van der Waals surface area (Å²) < 4.78 is 6.89. The summed E-state index contributed by atoms with van der Waals surface area (Å²) in [5.74, 6) is -0.113. The molecule has 6 nitrogen and oxygen atoms in total. The molecule has 0 radical (unpaired) electrons. The first kappa shape index (κ1) is 17.6. The lowest BCUT2D eigenvalue weighted by molar-refractivity contribution is -0.908. The summed E-state index contributed by atoms with van der Waals surface area (Å²) in [6.45, 7) is 7.35. The molecular weight excluding hydrogens is 318 g/mol. The first-order valence-electron chi connectivity index (χ1n) is 8.92. The van der Waals surface area contributed by atoms with Crippen molar-refractivity contribution in [1.29, 1.82) is 0 Å². The number of carbonyl (C=O) groups excluding carboxylic acids is 1. The second kappa shape index (κ2) is 8.27. The number of quaternary nitrogens is 1. The van der Waals surface area contributed by atoms with E-state index >= 15 is 0 Å². The van der Waals surface area contributed by atoms with Crippen LogP contribution in [0.5, 0.6) is 0 Å². The van der Waals surface area contributed by atoms with Crippen molar-refractivity contribution in [2.24, 2.45) is 0 Å². The van der Waals surface area contributed by atoms with Gasteiger partial charge in [0.1, 0.15) is 19.6 Å². The van der Waals surface area contributed by atoms with E-state index in [0.29, 0.717) is 11.9 Å². The van der Waals surface area contributed by atoms with Gasteiger partial charge in [-0.15, -0.1) is 0 Å². The lowest BCUT2D eigenvalue weighted by Gasteiger charge is -2.23. The molecular formula is C19H26N3O3+. The third-order valence-electron chi connectivity index (χ3n) is 4.76. The summed E-state index contributed by atoms with van der Waals surface area (Å²) >= 11 is 0. The van der Waals surface area contributed by atoms with Gasteiger partial charge in [0.2, 0.25) is 5.91 Å². The molecule has 1 aromatic carbocycles. The van der Waals surface area contributed by atoms with Gasteiger partial charge in [0.15, 0.2) is 0 Å². The van der Waals surface area contributed by atoms with Crippen LogP contribution in [-0.4, -0.2) is 49.9 Å². The van der Waals surface area contributed by atoms with Crippen molar-refractivity contribution in [3.63, 3.8) is 0 Å². The number of carbonyl (C=O) groups is 1. The number of pyridine rings is 1. The normalized spacial score (nSPS) is 15.4. The molecule has 6 heteroatoms. The van der Waals surface area contributed by atoms with Crippen LogP contribution in [0, 0.1) is 6.92 Å². The van der Waals surface area contributed by atoms with Crippen LogP contribution >= 0.6 is 0 Å². The standard InChI is InChI=1S/C19H25N3O3/c1-15-13-16-5-2-3-6-17(16)19(24)22(15)14-18(23)20-7-4-8-21-9-11-25-12-10-21/h2-3,5-6,13H,4,7-12,14H2,1H3,(H,20,23)/p+1. The highest BCUT2D eigenvalue weighted by molar-refractivity contribution is 5.82. The highest BCUT2D eigenvalue weighted by atomic mass is 16.5. The average molecular weight is 344 g/mol. The average Bonchev–Trinajstić information content (AvgIpc) is 2.63. The van der Waals surface area contributed by atoms with Gasteiger partial charge in [0.05, 0.1) is 19.8 Å². The molecule has 0 unspecified atom stereocenters. The summed E-state index contributed by atoms with van der Waals surface area (Å²) in [6.07, 6.45) is 0.937. The molecule has 1 fully saturated rings. The summed E-state index contributed by atoms with van der Waals surface area (Å²) in [7, 11) is 0. The molecule has 1 saturated heterocycles. The molecule has 1 aromatic heterocycles. The molecule has 3 rings (SSSR count). The Labute approximate surface area is 147 Å². The first-order valence-corrected chi connectivity index (χ1v) is 8.92. The van der Waals surface area contributed by atoms with E-state index in [2.05, 4.69) is 5.32 Å². The van der Waals surface area contributed by atoms with E-state index in [4.69, 9.17) is 4.74 Å². The van der Waals surface area contributed by atoms with Crippen LogP contribution in [0.15, 0.2) is 35.1 Å². The molecule has 0 aliphatic carbocycles. The number of benzene rings is 1. The minimum Gasteiger partial charge on any atom is -0.370 e. The number of aromatic nitrogens is 1. The zero-order valence-corrected chi connectivity index (χ0v) is 14.7. The number of morpholine rings is 1. The molecule has 1 aliphatic heterocycles. The number of amides is 1. The molecule has 0 saturated carbocycles. The number of hydrogen-bond acceptors (Lipinski definition) is 3. The molecule has 2 aromatic rings. The van der Waals surface area contributed by atoms with E-state index in [1.165, 1.54) is 4.90 Å². The molecule has 0 spiro atoms. The Morgan fingerprint density at radius 1 is 1.28 bits per heavy atom. The number of rotatable bonds is 6. The Balaban J connectivity index is 1.54. The number of nitrogens with zero attached hydrogens (tertiary/aromatic N) is 1. The number of hydrogen-bond donors (Lipinski definition) is 2. The van der Waals surface area contributed by atoms with Crippen LogP contribution in [0.3, 0.4) is 0 Å². The number of ether oxygens (including phenoxy) is 1. The summed E-state index contributed by atoms with van der Waals surface area (Å²) in [5.41, 5.74) is 0.695. The zero-order chi connectivity index (χ0) is 17.6. The Hall–Kier alpha value is -2.18. The number of nitrogens with one attached hydrogen (secondary N) is 2. The van der Waals surface area contributed by atoms with Crippen LogP contribution in [0.25, 0.3) is 10.8 Å². The SMILES string of the molecule is Cc1cc2ccccc2c(=O)n1CC(=O)NCCC[NH+]1CCOCC1. The second-order valence-electron chi connectivity index (χ2n) is 6.58. The highest BCUT2D eigenvalue weighted by Gasteiger charge is 2.13. The van der Waals surface area contributed by atoms with Crippen molar-refractivity contribution < 1.29 is 14.4 Å². The molecule has 0 bridgehead atoms. The lowest BCUT2D eigenvalue weighted by Crippen LogP contribution is -3.14. The van der Waals surface area contributed by atoms with Crippen molar-refractivity contribution >= 4 is 16.7 Å². The number of fused-ring (bicyclic) bond motifs is 1. The van der Waals surface area contributed by atoms with Crippen LogP contribution in [0.4, 0.5) is 0 Å². The van der Waals surface area contributed by atoms with Crippen molar-refractivity contribution in [1.82, 2.24) is 9.88 Å². The maximum atomic E-state index is 12.6. The fraction of sp³-hybridized carbons (Fsp3) is 0.474. The molecule has 25 heavy (non-hydrogen) atoms. The molecule has 0 atom stereocenters. The van der Waals surface area contributed by atoms with Gasteiger partial charge in [0, 0.05) is 24.0 Å². The third-order valence-corrected chi connectivity index (χ3v) is 4.76. The van der Waals surface area contributed by atoms with Crippen molar-refractivity contribution in [3.05, 3.63) is 46.4 Å². The minimum absolute atomic E-state index is 0.0694. The maximum Gasteiger partial charge on any atom is 0.259 e. The minimum atomic E-state index is -0.113. The van der Waals surface area contributed by atoms with Crippen LogP contribution < -0.4 is 15.8 Å². The lowest BCUT2D eigenvalue weighted by atomic mass is 10.1. The van der Waals surface area contributed by atoms with Crippen LogP contribution in [-0.2, 0) is 16.1 Å². The molecule has 2 N–H and O–H groups in total. The Kier molecular flexibility index (Phi) is 5.83. The van der Waals surface area contributed by atoms with E-state index in [1.54, 1.807) is 10.6 Å². The van der Waals surface area contributed by atoms with Crippen LogP contribution in [0.1, 0.15) is 12.1 Å². The van der Waals surface area contributed by atoms with E-state index < -0.39 is 0 Å². The number of aryl methyl sites for hydroxylation is 1. The Morgan fingerprint density at radius 3 is 2.84 bits per heavy atom. The summed E-state index contributed by atoms with van der Waals surface area (Å²) in [5, 5.41) is 4.49. The first-order chi connectivity index (χ1) is 12.1. The molecule has 1 aliphatic rings. The Morgan fingerprint density at radius 2 is 2.04 bits per heavy atom. The van der Waals surface area contributed by atoms with Gasteiger partial charge >= 0.3 is 0 Å². The fourth-order valence-electron chi connectivity index (χ4n) is 3.30. The second-order valence-corrected chi connectivity index (χ2v) is 6.58. The fourth-order valence-corrected chi connectivity index (χ4v) is 3.30. The quantitative estimate of drug-likeness (QED) is 0.709. The largest absolute Gasteiger partial charge is 0.370 e. The summed E-state index contributed by atoms with van der Waals surface area (Å²) in [4.78, 5) is 26.3. The maximum absolute atomic E-state index is 12.6. The van der Waals surface area contributed by atoms with Crippen molar-refractivity contribution in [2.45, 2.75) is 19.9 Å². The van der Waals surface area contributed by atoms with Gasteiger partial charge in [-0.1, -0.05) is 18.2 Å². The Bertz CT molecular complexity index is 794. The van der Waals surface area contributed by atoms with Gasteiger partial charge in [0.25, 0.3) is 5.56 Å². The zero-order valence-electron chi connectivity index (χ0n) is 14.7. The van der Waals surface area contributed by atoms with Crippen molar-refractivity contribution in [2.75, 3.05) is 39.4 Å². The van der Waals surface area contributed by atoms with Gasteiger partial charge in [-0.05, 0) is 24.4 Å². The van der Waals surface area contributed by atoms with Crippen LogP contribution in [0.2, 0.25) is 0 Å². The van der Waals surface area contributed by atoms with E-state index in [1.807, 2.05) is 31.2 Å². The highest BCUT2D eigenvalue weighted by Crippen LogP contribution is 2.11. The molecule has 134 valence electrons. The van der Waals surface area contributed by atoms with Crippen molar-refractivity contribution in [3.8, 4) is 0 Å². The predicted octanol–water partition coefficient (Wildman–Crippen LogP) is -0.269. The van der Waals surface area contributed by atoms with Gasteiger partial charge in [-0.2, -0.15) is 0 Å². The topological polar surface area (TPSA) is 64.8 Å². The molecule has 1 amide bonds. The predicted molar refractivity (Wildman–Crippen MR) is 97.0 cm³/mol. The monoisotopic (exact) mass is 344 g/mol. The van der Waals surface area contributed by atoms with E-state index in [-0.39, 0.29) is 18.0 Å². The van der Waals surface area contributed by atoms with Gasteiger partial charge in [-0.25, -0.2) is 0 Å². The smallest absolute Gasteiger partial charge is 0.259 e. The van der Waals surface area contributed by atoms with E-state index in [0.717, 1.165) is 50.3 Å². The van der Waals surface area contributed by atoms with E-state index in [9.17, 15) is 9.59 Å². The van der Waals surface area contributed by atoms with Gasteiger partial charge in [-0.3, -0.25) is 9.59 Å². The van der Waals surface area contributed by atoms with Gasteiger partial charge < -0.3 is 19.5 Å². The third kappa shape index (κ3) is 4.46.